The Hall–Kier alpha value is -2.11. The molecular weight excluding hydrogens is 298 g/mol. The second kappa shape index (κ2) is 6.56. The van der Waals surface area contributed by atoms with Crippen LogP contribution in [-0.4, -0.2) is 16.3 Å². The molecule has 1 heterocycles. The Morgan fingerprint density at radius 2 is 1.87 bits per heavy atom. The molecule has 23 heavy (non-hydrogen) atoms. The predicted molar refractivity (Wildman–Crippen MR) is 89.6 cm³/mol. The molecule has 0 atom stereocenters. The fourth-order valence-electron chi connectivity index (χ4n) is 2.27. The van der Waals surface area contributed by atoms with Crippen molar-refractivity contribution in [1.29, 1.82) is 0 Å². The van der Waals surface area contributed by atoms with Crippen molar-refractivity contribution < 1.29 is 8.78 Å². The van der Waals surface area contributed by atoms with Crippen LogP contribution in [-0.2, 0) is 13.6 Å². The Morgan fingerprint density at radius 1 is 1.17 bits per heavy atom. The Bertz CT molecular complexity index is 687. The molecular formula is C17H24F2N4. The minimum Gasteiger partial charge on any atom is -0.376 e. The van der Waals surface area contributed by atoms with Gasteiger partial charge >= 0.3 is 0 Å². The first-order valence-electron chi connectivity index (χ1n) is 7.62. The minimum atomic E-state index is -0.573. The summed E-state index contributed by atoms with van der Waals surface area (Å²) in [5.41, 5.74) is 2.20. The molecule has 6 heteroatoms. The molecule has 2 N–H and O–H groups in total. The van der Waals surface area contributed by atoms with Crippen LogP contribution in [0, 0.1) is 24.0 Å². The Balaban J connectivity index is 2.16. The second-order valence-electron chi connectivity index (χ2n) is 6.94. The summed E-state index contributed by atoms with van der Waals surface area (Å²) < 4.78 is 28.5. The quantitative estimate of drug-likeness (QED) is 0.872. The van der Waals surface area contributed by atoms with Crippen LogP contribution in [0.5, 0.6) is 0 Å². The largest absolute Gasteiger partial charge is 0.376 e. The standard InChI is InChI=1S/C17H24F2N4/c1-11-15(16(23(5)22-11)21-10-17(2,3)4)20-9-12-6-7-13(18)8-14(12)19/h6-8,20-21H,9-10H2,1-5H3. The Labute approximate surface area is 135 Å². The first kappa shape index (κ1) is 17.2. The maximum atomic E-state index is 13.7. The van der Waals surface area contributed by atoms with Gasteiger partial charge in [0.15, 0.2) is 0 Å². The summed E-state index contributed by atoms with van der Waals surface area (Å²) >= 11 is 0. The van der Waals surface area contributed by atoms with Crippen LogP contribution in [0.2, 0.25) is 0 Å². The highest BCUT2D eigenvalue weighted by Crippen LogP contribution is 2.27. The number of hydrogen-bond acceptors (Lipinski definition) is 3. The normalized spacial score (nSPS) is 11.6. The van der Waals surface area contributed by atoms with Crippen molar-refractivity contribution in [2.45, 2.75) is 34.2 Å². The monoisotopic (exact) mass is 322 g/mol. The molecule has 0 fully saturated rings. The van der Waals surface area contributed by atoms with Crippen LogP contribution in [0.25, 0.3) is 0 Å². The van der Waals surface area contributed by atoms with Gasteiger partial charge in [0, 0.05) is 31.8 Å². The number of benzene rings is 1. The third-order valence-electron chi connectivity index (χ3n) is 3.48. The summed E-state index contributed by atoms with van der Waals surface area (Å²) in [6, 6.07) is 3.60. The zero-order chi connectivity index (χ0) is 17.2. The lowest BCUT2D eigenvalue weighted by Crippen LogP contribution is -2.21. The van der Waals surface area contributed by atoms with E-state index in [0.717, 1.165) is 29.8 Å². The number of anilines is 2. The van der Waals surface area contributed by atoms with E-state index in [1.165, 1.54) is 12.1 Å². The summed E-state index contributed by atoms with van der Waals surface area (Å²) in [5, 5.41) is 11.0. The summed E-state index contributed by atoms with van der Waals surface area (Å²) in [4.78, 5) is 0. The molecule has 2 aromatic rings. The van der Waals surface area contributed by atoms with Crippen LogP contribution in [0.4, 0.5) is 20.3 Å². The van der Waals surface area contributed by atoms with Crippen LogP contribution in [0.1, 0.15) is 32.0 Å². The lowest BCUT2D eigenvalue weighted by Gasteiger charge is -2.20. The topological polar surface area (TPSA) is 41.9 Å². The molecule has 0 aliphatic rings. The van der Waals surface area contributed by atoms with Gasteiger partial charge in [-0.15, -0.1) is 0 Å². The fraction of sp³-hybridized carbons (Fsp3) is 0.471. The second-order valence-corrected chi connectivity index (χ2v) is 6.94. The van der Waals surface area contributed by atoms with Crippen LogP contribution < -0.4 is 10.6 Å². The SMILES string of the molecule is Cc1nn(C)c(NCC(C)(C)C)c1NCc1ccc(F)cc1F. The van der Waals surface area contributed by atoms with E-state index < -0.39 is 11.6 Å². The molecule has 0 saturated heterocycles. The molecule has 1 aromatic heterocycles. The number of aromatic nitrogens is 2. The predicted octanol–water partition coefficient (Wildman–Crippen LogP) is 4.08. The van der Waals surface area contributed by atoms with Gasteiger partial charge in [0.25, 0.3) is 0 Å². The van der Waals surface area contributed by atoms with Gasteiger partial charge in [-0.1, -0.05) is 26.8 Å². The van der Waals surface area contributed by atoms with Gasteiger partial charge in [-0.3, -0.25) is 4.68 Å². The van der Waals surface area contributed by atoms with E-state index in [1.54, 1.807) is 4.68 Å². The third kappa shape index (κ3) is 4.43. The van der Waals surface area contributed by atoms with E-state index in [9.17, 15) is 8.78 Å². The molecule has 0 saturated carbocycles. The van der Waals surface area contributed by atoms with Gasteiger partial charge in [0.05, 0.1) is 5.69 Å². The molecule has 0 radical (unpaired) electrons. The Morgan fingerprint density at radius 3 is 2.48 bits per heavy atom. The van der Waals surface area contributed by atoms with Crippen LogP contribution in [0.3, 0.4) is 0 Å². The van der Waals surface area contributed by atoms with Crippen molar-refractivity contribution >= 4 is 11.5 Å². The average Bonchev–Trinajstić information content (AvgIpc) is 2.69. The van der Waals surface area contributed by atoms with Crippen molar-refractivity contribution in [2.75, 3.05) is 17.2 Å². The number of rotatable bonds is 5. The third-order valence-corrected chi connectivity index (χ3v) is 3.48. The summed E-state index contributed by atoms with van der Waals surface area (Å²) in [6.07, 6.45) is 0. The van der Waals surface area contributed by atoms with Crippen LogP contribution >= 0.6 is 0 Å². The fourth-order valence-corrected chi connectivity index (χ4v) is 2.27. The molecule has 2 rings (SSSR count). The van der Waals surface area contributed by atoms with E-state index in [2.05, 4.69) is 36.5 Å². The van der Waals surface area contributed by atoms with Gasteiger partial charge in [0.2, 0.25) is 0 Å². The maximum Gasteiger partial charge on any atom is 0.148 e. The summed E-state index contributed by atoms with van der Waals surface area (Å²) in [7, 11) is 1.86. The molecule has 0 aliphatic heterocycles. The zero-order valence-electron chi connectivity index (χ0n) is 14.3. The van der Waals surface area contributed by atoms with E-state index in [-0.39, 0.29) is 12.0 Å². The molecule has 126 valence electrons. The number of halogens is 2. The molecule has 4 nitrogen and oxygen atoms in total. The highest BCUT2D eigenvalue weighted by molar-refractivity contribution is 5.68. The summed E-state index contributed by atoms with van der Waals surface area (Å²) in [5.74, 6) is -0.264. The maximum absolute atomic E-state index is 13.7. The van der Waals surface area contributed by atoms with Crippen molar-refractivity contribution in [3.63, 3.8) is 0 Å². The van der Waals surface area contributed by atoms with Gasteiger partial charge in [0.1, 0.15) is 23.1 Å². The molecule has 0 aliphatic carbocycles. The van der Waals surface area contributed by atoms with E-state index in [0.29, 0.717) is 5.56 Å². The highest BCUT2D eigenvalue weighted by atomic mass is 19.1. The van der Waals surface area contributed by atoms with Gasteiger partial charge < -0.3 is 10.6 Å². The first-order valence-corrected chi connectivity index (χ1v) is 7.62. The van der Waals surface area contributed by atoms with Crippen LogP contribution in [0.15, 0.2) is 18.2 Å². The minimum absolute atomic E-state index is 0.124. The van der Waals surface area contributed by atoms with Crippen molar-refractivity contribution in [3.8, 4) is 0 Å². The van der Waals surface area contributed by atoms with E-state index in [4.69, 9.17) is 0 Å². The molecule has 0 unspecified atom stereocenters. The lowest BCUT2D eigenvalue weighted by atomic mass is 9.97. The average molecular weight is 322 g/mol. The Kier molecular flexibility index (Phi) is 4.92. The van der Waals surface area contributed by atoms with E-state index in [1.807, 2.05) is 14.0 Å². The number of aryl methyl sites for hydroxylation is 2. The zero-order valence-corrected chi connectivity index (χ0v) is 14.3. The van der Waals surface area contributed by atoms with Crippen molar-refractivity contribution in [2.24, 2.45) is 12.5 Å². The number of nitrogens with zero attached hydrogens (tertiary/aromatic N) is 2. The van der Waals surface area contributed by atoms with Gasteiger partial charge in [-0.2, -0.15) is 5.10 Å². The number of nitrogens with one attached hydrogen (secondary N) is 2. The lowest BCUT2D eigenvalue weighted by molar-refractivity contribution is 0.441. The number of hydrogen-bond donors (Lipinski definition) is 2. The molecule has 0 amide bonds. The van der Waals surface area contributed by atoms with Crippen molar-refractivity contribution in [3.05, 3.63) is 41.1 Å². The molecule has 0 spiro atoms. The van der Waals surface area contributed by atoms with Crippen molar-refractivity contribution in [1.82, 2.24) is 9.78 Å². The summed E-state index contributed by atoms with van der Waals surface area (Å²) in [6.45, 7) is 9.37. The van der Waals surface area contributed by atoms with Gasteiger partial charge in [-0.25, -0.2) is 8.78 Å². The molecule has 1 aromatic carbocycles. The highest BCUT2D eigenvalue weighted by Gasteiger charge is 2.17. The van der Waals surface area contributed by atoms with E-state index >= 15 is 0 Å². The smallest absolute Gasteiger partial charge is 0.148 e. The molecule has 0 bridgehead atoms. The van der Waals surface area contributed by atoms with Gasteiger partial charge in [-0.05, 0) is 18.4 Å². The first-order chi connectivity index (χ1) is 10.7.